The summed E-state index contributed by atoms with van der Waals surface area (Å²) in [5.74, 6) is 0.792. The first-order valence-electron chi connectivity index (χ1n) is 9.84. The summed E-state index contributed by atoms with van der Waals surface area (Å²) in [6.45, 7) is 13.7. The zero-order chi connectivity index (χ0) is 17.6. The number of nitrogens with two attached hydrogens (primary N) is 1. The van der Waals surface area contributed by atoms with Crippen LogP contribution in [0.3, 0.4) is 0 Å². The van der Waals surface area contributed by atoms with Crippen molar-refractivity contribution in [2.24, 2.45) is 11.3 Å². The molecule has 0 bridgehead atoms. The van der Waals surface area contributed by atoms with Crippen LogP contribution in [0.25, 0.3) is 0 Å². The van der Waals surface area contributed by atoms with Crippen LogP contribution in [0.2, 0.25) is 0 Å². The molecule has 1 aliphatic rings. The third-order valence-corrected chi connectivity index (χ3v) is 5.70. The van der Waals surface area contributed by atoms with E-state index in [0.717, 1.165) is 12.5 Å². The zero-order valence-corrected chi connectivity index (χ0v) is 16.5. The Hall–Kier alpha value is -0.860. The van der Waals surface area contributed by atoms with Gasteiger partial charge in [-0.05, 0) is 51.4 Å². The lowest BCUT2D eigenvalue weighted by Gasteiger charge is -2.45. The second-order valence-electron chi connectivity index (χ2n) is 8.94. The first-order valence-corrected chi connectivity index (χ1v) is 9.84. The van der Waals surface area contributed by atoms with Gasteiger partial charge >= 0.3 is 0 Å². The Kier molecular flexibility index (Phi) is 6.88. The zero-order valence-electron chi connectivity index (χ0n) is 16.5. The van der Waals surface area contributed by atoms with Crippen LogP contribution in [0, 0.1) is 11.3 Å². The molecule has 2 heteroatoms. The summed E-state index contributed by atoms with van der Waals surface area (Å²) in [7, 11) is 0. The van der Waals surface area contributed by atoms with Gasteiger partial charge in [0.1, 0.15) is 6.04 Å². The highest BCUT2D eigenvalue weighted by Gasteiger charge is 2.40. The molecule has 1 aromatic rings. The van der Waals surface area contributed by atoms with Crippen molar-refractivity contribution in [3.63, 3.8) is 0 Å². The van der Waals surface area contributed by atoms with E-state index in [1.807, 2.05) is 0 Å². The minimum Gasteiger partial charge on any atom is -0.376 e. The second kappa shape index (κ2) is 8.49. The summed E-state index contributed by atoms with van der Waals surface area (Å²) >= 11 is 0. The molecular weight excluding hydrogens is 294 g/mol. The van der Waals surface area contributed by atoms with E-state index >= 15 is 0 Å². The molecule has 0 radical (unpaired) electrons. The van der Waals surface area contributed by atoms with Crippen LogP contribution in [0.5, 0.6) is 0 Å². The Morgan fingerprint density at radius 3 is 2.42 bits per heavy atom. The van der Waals surface area contributed by atoms with Gasteiger partial charge in [-0.25, -0.2) is 0 Å². The van der Waals surface area contributed by atoms with Crippen molar-refractivity contribution >= 4 is 0 Å². The minimum absolute atomic E-state index is 0.0419. The molecule has 0 aliphatic carbocycles. The van der Waals surface area contributed by atoms with Gasteiger partial charge in [-0.3, -0.25) is 0 Å². The molecule has 136 valence electrons. The largest absolute Gasteiger partial charge is 0.376 e. The quantitative estimate of drug-likeness (QED) is 0.733. The van der Waals surface area contributed by atoms with Crippen LogP contribution >= 0.6 is 0 Å². The van der Waals surface area contributed by atoms with E-state index in [1.165, 1.54) is 44.2 Å². The monoisotopic (exact) mass is 332 g/mol. The van der Waals surface area contributed by atoms with Crippen LogP contribution in [0.15, 0.2) is 30.3 Å². The Balaban J connectivity index is 1.93. The fourth-order valence-electron chi connectivity index (χ4n) is 4.27. The van der Waals surface area contributed by atoms with E-state index in [-0.39, 0.29) is 5.60 Å². The highest BCUT2D eigenvalue weighted by atomic mass is 16.5. The maximum atomic E-state index is 6.01. The Bertz CT molecular complexity index is 482. The van der Waals surface area contributed by atoms with Crippen molar-refractivity contribution in [3.05, 3.63) is 35.9 Å². The van der Waals surface area contributed by atoms with Crippen molar-refractivity contribution in [2.45, 2.75) is 78.4 Å². The van der Waals surface area contributed by atoms with Crippen LogP contribution in [0.4, 0.5) is 0 Å². The summed E-state index contributed by atoms with van der Waals surface area (Å²) in [4.78, 5) is 0. The molecule has 0 unspecified atom stereocenters. The molecule has 1 heterocycles. The second-order valence-corrected chi connectivity index (χ2v) is 8.94. The average Bonchev–Trinajstić information content (AvgIpc) is 2.53. The minimum atomic E-state index is 0.0419. The van der Waals surface area contributed by atoms with Crippen molar-refractivity contribution in [3.8, 4) is 0 Å². The Morgan fingerprint density at radius 1 is 1.08 bits per heavy atom. The van der Waals surface area contributed by atoms with Crippen LogP contribution in [0.1, 0.15) is 78.3 Å². The fourth-order valence-corrected chi connectivity index (χ4v) is 4.27. The van der Waals surface area contributed by atoms with Gasteiger partial charge in [0, 0.05) is 18.6 Å². The van der Waals surface area contributed by atoms with Gasteiger partial charge < -0.3 is 10.1 Å². The normalized spacial score (nSPS) is 24.9. The molecular formula is C22H38NO+. The van der Waals surface area contributed by atoms with E-state index < -0.39 is 0 Å². The van der Waals surface area contributed by atoms with Gasteiger partial charge in [-0.15, -0.1) is 0 Å². The fraction of sp³-hybridized carbons (Fsp3) is 0.727. The Morgan fingerprint density at radius 2 is 1.79 bits per heavy atom. The van der Waals surface area contributed by atoms with E-state index in [4.69, 9.17) is 4.74 Å². The first-order chi connectivity index (χ1) is 11.3. The van der Waals surface area contributed by atoms with Gasteiger partial charge in [0.25, 0.3) is 0 Å². The van der Waals surface area contributed by atoms with Gasteiger partial charge in [0.15, 0.2) is 0 Å². The SMILES string of the molecule is CC(C)CC[C@@]1(CC[NH2+][C@@H](C)c2ccccc2)CCOC(C)(C)C1. The van der Waals surface area contributed by atoms with E-state index in [9.17, 15) is 0 Å². The molecule has 2 atom stereocenters. The van der Waals surface area contributed by atoms with E-state index in [1.54, 1.807) is 0 Å². The summed E-state index contributed by atoms with van der Waals surface area (Å²) < 4.78 is 6.01. The molecule has 24 heavy (non-hydrogen) atoms. The van der Waals surface area contributed by atoms with Crippen molar-refractivity contribution < 1.29 is 10.1 Å². The van der Waals surface area contributed by atoms with Gasteiger partial charge in [-0.2, -0.15) is 0 Å². The molecule has 1 aromatic carbocycles. The number of benzene rings is 1. The number of hydrogen-bond donors (Lipinski definition) is 1. The van der Waals surface area contributed by atoms with Crippen LogP contribution in [-0.2, 0) is 4.74 Å². The predicted molar refractivity (Wildman–Crippen MR) is 102 cm³/mol. The summed E-state index contributed by atoms with van der Waals surface area (Å²) in [5, 5.41) is 2.52. The summed E-state index contributed by atoms with van der Waals surface area (Å²) in [6, 6.07) is 11.4. The molecule has 0 aromatic heterocycles. The number of ether oxygens (including phenoxy) is 1. The third-order valence-electron chi connectivity index (χ3n) is 5.70. The average molecular weight is 333 g/mol. The highest BCUT2D eigenvalue weighted by Crippen LogP contribution is 2.45. The number of quaternary nitrogens is 1. The standard InChI is InChI=1S/C22H37NO/c1-18(2)11-12-22(14-16-24-21(4,5)17-22)13-15-23-19(3)20-9-7-6-8-10-20/h6-10,18-19,23H,11-17H2,1-5H3/p+1/t19-,22+/m0/s1. The Labute approximate surface area is 149 Å². The molecule has 1 fully saturated rings. The summed E-state index contributed by atoms with van der Waals surface area (Å²) in [6.07, 6.45) is 6.44. The first kappa shape index (κ1) is 19.5. The van der Waals surface area contributed by atoms with Crippen molar-refractivity contribution in [1.29, 1.82) is 0 Å². The molecule has 1 saturated heterocycles. The smallest absolute Gasteiger partial charge is 0.109 e. The van der Waals surface area contributed by atoms with Gasteiger partial charge in [0.2, 0.25) is 0 Å². The summed E-state index contributed by atoms with van der Waals surface area (Å²) in [5.41, 5.74) is 1.94. The van der Waals surface area contributed by atoms with Crippen molar-refractivity contribution in [2.75, 3.05) is 13.2 Å². The highest BCUT2D eigenvalue weighted by molar-refractivity contribution is 5.16. The molecule has 2 N–H and O–H groups in total. The molecule has 0 saturated carbocycles. The van der Waals surface area contributed by atoms with E-state index in [0.29, 0.717) is 11.5 Å². The van der Waals surface area contributed by atoms with Crippen LogP contribution < -0.4 is 5.32 Å². The lowest BCUT2D eigenvalue weighted by Crippen LogP contribution is -2.85. The predicted octanol–water partition coefficient (Wildman–Crippen LogP) is 4.71. The number of hydrogen-bond acceptors (Lipinski definition) is 1. The lowest BCUT2D eigenvalue weighted by molar-refractivity contribution is -0.694. The molecule has 2 nitrogen and oxygen atoms in total. The van der Waals surface area contributed by atoms with Gasteiger partial charge in [-0.1, -0.05) is 50.6 Å². The van der Waals surface area contributed by atoms with Gasteiger partial charge in [0.05, 0.1) is 12.1 Å². The third kappa shape index (κ3) is 5.89. The molecule has 2 rings (SSSR count). The maximum Gasteiger partial charge on any atom is 0.109 e. The molecule has 0 spiro atoms. The van der Waals surface area contributed by atoms with Crippen molar-refractivity contribution in [1.82, 2.24) is 0 Å². The lowest BCUT2D eigenvalue weighted by atomic mass is 9.68. The van der Waals surface area contributed by atoms with E-state index in [2.05, 4.69) is 70.3 Å². The molecule has 0 amide bonds. The maximum absolute atomic E-state index is 6.01. The van der Waals surface area contributed by atoms with Crippen LogP contribution in [-0.4, -0.2) is 18.8 Å². The number of rotatable bonds is 8. The molecule has 1 aliphatic heterocycles. The topological polar surface area (TPSA) is 25.8 Å².